The maximum Gasteiger partial charge on any atom is 0.216 e. The van der Waals surface area contributed by atoms with Gasteiger partial charge in [-0.3, -0.25) is 10.1 Å². The first kappa shape index (κ1) is 19.4. The van der Waals surface area contributed by atoms with Crippen LogP contribution in [0.1, 0.15) is 38.9 Å². The van der Waals surface area contributed by atoms with Crippen LogP contribution in [0.3, 0.4) is 0 Å². The minimum absolute atomic E-state index is 0.492. The third-order valence-electron chi connectivity index (χ3n) is 4.70. The fraction of sp³-hybridized carbons (Fsp3) is 0.632. The van der Waals surface area contributed by atoms with Crippen LogP contribution in [0.15, 0.2) is 27.8 Å². The summed E-state index contributed by atoms with van der Waals surface area (Å²) < 4.78 is 5.32. The van der Waals surface area contributed by atoms with Crippen LogP contribution in [-0.2, 0) is 6.42 Å². The Hall–Kier alpha value is -2.35. The van der Waals surface area contributed by atoms with Crippen LogP contribution in [-0.4, -0.2) is 64.8 Å². The van der Waals surface area contributed by atoms with Crippen molar-refractivity contribution in [3.05, 3.63) is 24.2 Å². The number of likely N-dealkylation sites (tertiary alicyclic amines) is 1. The van der Waals surface area contributed by atoms with E-state index in [2.05, 4.69) is 44.6 Å². The molecule has 3 heterocycles. The molecule has 0 amide bonds. The molecule has 0 aliphatic carbocycles. The van der Waals surface area contributed by atoms with Crippen molar-refractivity contribution in [2.45, 2.75) is 45.6 Å². The van der Waals surface area contributed by atoms with Crippen molar-refractivity contribution in [1.29, 1.82) is 0 Å². The summed E-state index contributed by atoms with van der Waals surface area (Å²) in [6.07, 6.45) is 5.89. The molecule has 0 saturated carbocycles. The average molecular weight is 374 g/mol. The van der Waals surface area contributed by atoms with Gasteiger partial charge in [0.25, 0.3) is 0 Å². The number of aromatic amines is 1. The zero-order chi connectivity index (χ0) is 18.9. The lowest BCUT2D eigenvalue weighted by Crippen LogP contribution is -2.48. The van der Waals surface area contributed by atoms with Crippen LogP contribution in [0, 0.1) is 0 Å². The highest BCUT2D eigenvalue weighted by Crippen LogP contribution is 2.14. The summed E-state index contributed by atoms with van der Waals surface area (Å²) in [5.74, 6) is 2.96. The zero-order valence-corrected chi connectivity index (χ0v) is 16.4. The molecule has 8 heteroatoms. The smallest absolute Gasteiger partial charge is 0.216 e. The molecule has 1 aliphatic heterocycles. The molecule has 8 nitrogen and oxygen atoms in total. The Kier molecular flexibility index (Phi) is 7.27. The Morgan fingerprint density at radius 2 is 2.22 bits per heavy atom. The number of hydrogen-bond acceptors (Lipinski definition) is 5. The molecule has 2 aromatic rings. The summed E-state index contributed by atoms with van der Waals surface area (Å²) in [5.41, 5.74) is 0. The van der Waals surface area contributed by atoms with Crippen molar-refractivity contribution in [2.75, 3.05) is 32.7 Å². The maximum absolute atomic E-state index is 5.32. The molecule has 0 aromatic carbocycles. The Labute approximate surface area is 160 Å². The van der Waals surface area contributed by atoms with Gasteiger partial charge in [0.1, 0.15) is 5.82 Å². The highest BCUT2D eigenvalue weighted by Gasteiger charge is 2.19. The summed E-state index contributed by atoms with van der Waals surface area (Å²) in [6, 6.07) is 4.17. The Morgan fingerprint density at radius 3 is 2.93 bits per heavy atom. The molecule has 0 spiro atoms. The van der Waals surface area contributed by atoms with Crippen molar-refractivity contribution in [3.63, 3.8) is 0 Å². The van der Waals surface area contributed by atoms with Gasteiger partial charge in [0.2, 0.25) is 5.82 Å². The predicted molar refractivity (Wildman–Crippen MR) is 107 cm³/mol. The summed E-state index contributed by atoms with van der Waals surface area (Å²) in [4.78, 5) is 11.7. The van der Waals surface area contributed by atoms with Crippen molar-refractivity contribution in [2.24, 2.45) is 4.99 Å². The third kappa shape index (κ3) is 5.82. The first-order valence-corrected chi connectivity index (χ1v) is 10.0. The van der Waals surface area contributed by atoms with Crippen LogP contribution < -0.4 is 10.6 Å². The lowest BCUT2D eigenvalue weighted by Gasteiger charge is -2.32. The number of furan rings is 1. The van der Waals surface area contributed by atoms with Crippen LogP contribution in [0.2, 0.25) is 0 Å². The molecule has 1 aliphatic rings. The largest absolute Gasteiger partial charge is 0.461 e. The molecule has 0 radical (unpaired) electrons. The van der Waals surface area contributed by atoms with Gasteiger partial charge in [-0.25, -0.2) is 4.98 Å². The van der Waals surface area contributed by atoms with Gasteiger partial charge >= 0.3 is 0 Å². The van der Waals surface area contributed by atoms with Crippen molar-refractivity contribution in [1.82, 2.24) is 30.7 Å². The topological polar surface area (TPSA) is 94.4 Å². The number of rotatable bonds is 8. The Morgan fingerprint density at radius 1 is 1.37 bits per heavy atom. The monoisotopic (exact) mass is 373 g/mol. The number of H-pyrrole nitrogens is 1. The van der Waals surface area contributed by atoms with Gasteiger partial charge in [-0.2, -0.15) is 5.10 Å². The second-order valence-electron chi connectivity index (χ2n) is 6.85. The number of guanidine groups is 1. The van der Waals surface area contributed by atoms with E-state index in [1.54, 1.807) is 6.26 Å². The van der Waals surface area contributed by atoms with Crippen LogP contribution in [0.25, 0.3) is 11.6 Å². The predicted octanol–water partition coefficient (Wildman–Crippen LogP) is 2.04. The molecule has 27 heavy (non-hydrogen) atoms. The Bertz CT molecular complexity index is 687. The van der Waals surface area contributed by atoms with Crippen LogP contribution >= 0.6 is 0 Å². The first-order chi connectivity index (χ1) is 13.3. The van der Waals surface area contributed by atoms with E-state index < -0.39 is 0 Å². The minimum Gasteiger partial charge on any atom is -0.461 e. The van der Waals surface area contributed by atoms with E-state index >= 15 is 0 Å². The van der Waals surface area contributed by atoms with Crippen molar-refractivity contribution < 1.29 is 4.42 Å². The van der Waals surface area contributed by atoms with E-state index in [1.165, 1.54) is 38.9 Å². The van der Waals surface area contributed by atoms with E-state index in [0.717, 1.165) is 18.3 Å². The molecular weight excluding hydrogens is 342 g/mol. The number of aliphatic imine (C=N–C) groups is 1. The van der Waals surface area contributed by atoms with E-state index in [1.807, 2.05) is 12.1 Å². The summed E-state index contributed by atoms with van der Waals surface area (Å²) in [6.45, 7) is 9.37. The molecule has 3 N–H and O–H groups in total. The van der Waals surface area contributed by atoms with E-state index in [-0.39, 0.29) is 0 Å². The number of piperidine rings is 1. The average Bonchev–Trinajstić information content (AvgIpc) is 3.35. The number of aromatic nitrogens is 3. The number of nitrogens with one attached hydrogen (secondary N) is 3. The first-order valence-electron chi connectivity index (χ1n) is 10.0. The van der Waals surface area contributed by atoms with Gasteiger partial charge in [0, 0.05) is 38.6 Å². The fourth-order valence-electron chi connectivity index (χ4n) is 3.33. The fourth-order valence-corrected chi connectivity index (χ4v) is 3.33. The number of nitrogens with zero attached hydrogens (tertiary/aromatic N) is 4. The van der Waals surface area contributed by atoms with Gasteiger partial charge < -0.3 is 20.0 Å². The summed E-state index contributed by atoms with van der Waals surface area (Å²) >= 11 is 0. The molecular formula is C19H31N7O. The van der Waals surface area contributed by atoms with Crippen molar-refractivity contribution in [3.8, 4) is 11.6 Å². The molecule has 0 unspecified atom stereocenters. The second-order valence-corrected chi connectivity index (χ2v) is 6.85. The highest BCUT2D eigenvalue weighted by molar-refractivity contribution is 5.80. The van der Waals surface area contributed by atoms with Gasteiger partial charge in [0.05, 0.1) is 6.26 Å². The normalized spacial score (nSPS) is 16.6. The molecule has 148 valence electrons. The molecule has 0 atom stereocenters. The van der Waals surface area contributed by atoms with Gasteiger partial charge in [-0.05, 0) is 44.9 Å². The summed E-state index contributed by atoms with van der Waals surface area (Å²) in [7, 11) is 0. The van der Waals surface area contributed by atoms with Gasteiger partial charge in [-0.1, -0.05) is 6.92 Å². The third-order valence-corrected chi connectivity index (χ3v) is 4.70. The zero-order valence-electron chi connectivity index (χ0n) is 16.4. The Balaban J connectivity index is 1.47. The van der Waals surface area contributed by atoms with E-state index in [9.17, 15) is 0 Å². The van der Waals surface area contributed by atoms with Gasteiger partial charge in [-0.15, -0.1) is 0 Å². The minimum atomic E-state index is 0.492. The van der Waals surface area contributed by atoms with E-state index in [0.29, 0.717) is 30.6 Å². The van der Waals surface area contributed by atoms with Gasteiger partial charge in [0.15, 0.2) is 11.7 Å². The highest BCUT2D eigenvalue weighted by atomic mass is 16.3. The van der Waals surface area contributed by atoms with Crippen LogP contribution in [0.4, 0.5) is 0 Å². The SMILES string of the molecule is CCCN1CCC(NC(=NCCc2nc(-c3ccco3)n[nH]2)NCC)CC1. The number of hydrogen-bond donors (Lipinski definition) is 3. The quantitative estimate of drug-likeness (QED) is 0.484. The van der Waals surface area contributed by atoms with Crippen molar-refractivity contribution >= 4 is 5.96 Å². The summed E-state index contributed by atoms with van der Waals surface area (Å²) in [5, 5.41) is 14.1. The van der Waals surface area contributed by atoms with Crippen LogP contribution in [0.5, 0.6) is 0 Å². The molecule has 3 rings (SSSR count). The molecule has 1 saturated heterocycles. The maximum atomic E-state index is 5.32. The molecule has 1 fully saturated rings. The lowest BCUT2D eigenvalue weighted by atomic mass is 10.1. The standard InChI is InChI=1S/C19H31N7O/c1-3-11-26-12-8-15(9-13-26)22-19(20-4-2)21-10-7-17-23-18(25-24-17)16-6-5-14-27-16/h5-6,14-15H,3-4,7-13H2,1-2H3,(H2,20,21,22)(H,23,24,25). The lowest BCUT2D eigenvalue weighted by molar-refractivity contribution is 0.206. The molecule has 0 bridgehead atoms. The second kappa shape index (κ2) is 10.1. The van der Waals surface area contributed by atoms with E-state index in [4.69, 9.17) is 9.41 Å². The molecule has 2 aromatic heterocycles.